The molecule has 0 aliphatic rings. The first-order chi connectivity index (χ1) is 7.54. The Labute approximate surface area is 99.6 Å². The lowest BCUT2D eigenvalue weighted by Crippen LogP contribution is -2.13. The van der Waals surface area contributed by atoms with E-state index < -0.39 is 5.82 Å². The number of rotatable bonds is 5. The van der Waals surface area contributed by atoms with Gasteiger partial charge in [-0.25, -0.2) is 4.39 Å². The van der Waals surface area contributed by atoms with Gasteiger partial charge in [-0.15, -0.1) is 0 Å². The van der Waals surface area contributed by atoms with Crippen molar-refractivity contribution in [3.05, 3.63) is 34.6 Å². The summed E-state index contributed by atoms with van der Waals surface area (Å²) < 4.78 is 13.4. The fourth-order valence-corrected chi connectivity index (χ4v) is 1.50. The third-order valence-corrected chi connectivity index (χ3v) is 2.73. The van der Waals surface area contributed by atoms with Crippen LogP contribution in [0.2, 0.25) is 5.02 Å². The van der Waals surface area contributed by atoms with Crippen molar-refractivity contribution in [1.29, 1.82) is 0 Å². The molecule has 2 N–H and O–H groups in total. The van der Waals surface area contributed by atoms with Gasteiger partial charge in [-0.2, -0.15) is 0 Å². The smallest absolute Gasteiger partial charge is 0.165 e. The van der Waals surface area contributed by atoms with Crippen LogP contribution in [-0.2, 0) is 0 Å². The van der Waals surface area contributed by atoms with Crippen molar-refractivity contribution in [2.24, 2.45) is 11.7 Å². The van der Waals surface area contributed by atoms with Gasteiger partial charge in [0.1, 0.15) is 5.82 Å². The molecule has 0 aliphatic carbocycles. The number of halogens is 2. The minimum atomic E-state index is -0.557. The summed E-state index contributed by atoms with van der Waals surface area (Å²) in [6.45, 7) is 2.50. The Hall–Kier alpha value is -0.930. The van der Waals surface area contributed by atoms with Crippen molar-refractivity contribution in [2.45, 2.75) is 19.8 Å². The second-order valence-electron chi connectivity index (χ2n) is 3.93. The van der Waals surface area contributed by atoms with Crippen molar-refractivity contribution in [3.63, 3.8) is 0 Å². The summed E-state index contributed by atoms with van der Waals surface area (Å²) >= 11 is 5.60. The molecule has 0 aromatic heterocycles. The van der Waals surface area contributed by atoms with Crippen LogP contribution in [0, 0.1) is 11.7 Å². The molecule has 16 heavy (non-hydrogen) atoms. The van der Waals surface area contributed by atoms with E-state index in [9.17, 15) is 9.18 Å². The van der Waals surface area contributed by atoms with E-state index in [1.54, 1.807) is 0 Å². The minimum absolute atomic E-state index is 0.105. The molecule has 1 aromatic rings. The second-order valence-corrected chi connectivity index (χ2v) is 4.36. The molecule has 1 rings (SSSR count). The van der Waals surface area contributed by atoms with Crippen LogP contribution in [0.15, 0.2) is 18.2 Å². The van der Waals surface area contributed by atoms with Crippen LogP contribution in [0.4, 0.5) is 4.39 Å². The Balaban J connectivity index is 2.66. The molecule has 4 heteroatoms. The molecule has 0 radical (unpaired) electrons. The predicted octanol–water partition coefficient (Wildman–Crippen LogP) is 3.04. The summed E-state index contributed by atoms with van der Waals surface area (Å²) in [4.78, 5) is 11.7. The summed E-state index contributed by atoms with van der Waals surface area (Å²) in [6.07, 6.45) is 0.994. The molecule has 0 bridgehead atoms. The van der Waals surface area contributed by atoms with Crippen LogP contribution in [0.3, 0.4) is 0 Å². The molecule has 1 atom stereocenters. The first-order valence-electron chi connectivity index (χ1n) is 5.23. The predicted molar refractivity (Wildman–Crippen MR) is 63.2 cm³/mol. The van der Waals surface area contributed by atoms with Crippen molar-refractivity contribution >= 4 is 17.4 Å². The molecule has 0 aliphatic heterocycles. The Morgan fingerprint density at radius 3 is 2.81 bits per heavy atom. The molecule has 2 nitrogen and oxygen atoms in total. The first kappa shape index (κ1) is 13.1. The van der Waals surface area contributed by atoms with Gasteiger partial charge in [0.2, 0.25) is 0 Å². The Morgan fingerprint density at radius 1 is 1.56 bits per heavy atom. The van der Waals surface area contributed by atoms with Crippen LogP contribution in [0.25, 0.3) is 0 Å². The van der Waals surface area contributed by atoms with E-state index in [-0.39, 0.29) is 17.3 Å². The van der Waals surface area contributed by atoms with Gasteiger partial charge >= 0.3 is 0 Å². The van der Waals surface area contributed by atoms with Crippen molar-refractivity contribution in [3.8, 4) is 0 Å². The van der Waals surface area contributed by atoms with Gasteiger partial charge in [-0.3, -0.25) is 4.79 Å². The molecular formula is C12H15ClFNO. The fraction of sp³-hybridized carbons (Fsp3) is 0.417. The van der Waals surface area contributed by atoms with Gasteiger partial charge in [-0.1, -0.05) is 18.5 Å². The maximum Gasteiger partial charge on any atom is 0.165 e. The molecule has 1 unspecified atom stereocenters. The average Bonchev–Trinajstić information content (AvgIpc) is 2.25. The van der Waals surface area contributed by atoms with Crippen LogP contribution in [0.5, 0.6) is 0 Å². The van der Waals surface area contributed by atoms with Crippen molar-refractivity contribution in [2.75, 3.05) is 6.54 Å². The van der Waals surface area contributed by atoms with Crippen molar-refractivity contribution in [1.82, 2.24) is 0 Å². The molecular weight excluding hydrogens is 229 g/mol. The third-order valence-electron chi connectivity index (χ3n) is 2.50. The average molecular weight is 244 g/mol. The van der Waals surface area contributed by atoms with Crippen LogP contribution < -0.4 is 5.73 Å². The lowest BCUT2D eigenvalue weighted by atomic mass is 10.00. The lowest BCUT2D eigenvalue weighted by molar-refractivity contribution is 0.0971. The van der Waals surface area contributed by atoms with E-state index in [2.05, 4.69) is 0 Å². The maximum absolute atomic E-state index is 13.4. The lowest BCUT2D eigenvalue weighted by Gasteiger charge is -2.07. The molecule has 1 aromatic carbocycles. The Kier molecular flexibility index (Phi) is 4.90. The minimum Gasteiger partial charge on any atom is -0.330 e. The number of carbonyl (C=O) groups excluding carboxylic acids is 1. The molecule has 0 saturated carbocycles. The highest BCUT2D eigenvalue weighted by Crippen LogP contribution is 2.17. The number of benzene rings is 1. The van der Waals surface area contributed by atoms with E-state index in [0.29, 0.717) is 24.4 Å². The normalized spacial score (nSPS) is 12.5. The summed E-state index contributed by atoms with van der Waals surface area (Å²) in [5.41, 5.74) is 5.55. The van der Waals surface area contributed by atoms with Gasteiger partial charge in [0.25, 0.3) is 0 Å². The monoisotopic (exact) mass is 243 g/mol. The number of hydrogen-bond acceptors (Lipinski definition) is 2. The number of nitrogens with two attached hydrogens (primary N) is 1. The molecule has 0 spiro atoms. The summed E-state index contributed by atoms with van der Waals surface area (Å²) in [5, 5.41) is 0.296. The maximum atomic E-state index is 13.4. The highest BCUT2D eigenvalue weighted by Gasteiger charge is 2.12. The molecule has 0 fully saturated rings. The molecule has 0 saturated heterocycles. The van der Waals surface area contributed by atoms with Gasteiger partial charge in [0.15, 0.2) is 5.78 Å². The first-order valence-corrected chi connectivity index (χ1v) is 5.60. The zero-order chi connectivity index (χ0) is 12.1. The van der Waals surface area contributed by atoms with E-state index >= 15 is 0 Å². The quantitative estimate of drug-likeness (QED) is 0.808. The highest BCUT2D eigenvalue weighted by molar-refractivity contribution is 6.30. The van der Waals surface area contributed by atoms with Crippen LogP contribution >= 0.6 is 11.6 Å². The number of Topliss-reactive ketones (excluding diaryl/α,β-unsaturated/α-hetero) is 1. The third kappa shape index (κ3) is 3.58. The van der Waals surface area contributed by atoms with Gasteiger partial charge < -0.3 is 5.73 Å². The van der Waals surface area contributed by atoms with E-state index in [1.165, 1.54) is 12.1 Å². The Bertz CT molecular complexity index is 381. The van der Waals surface area contributed by atoms with Gasteiger partial charge in [0.05, 0.1) is 5.56 Å². The zero-order valence-electron chi connectivity index (χ0n) is 9.17. The largest absolute Gasteiger partial charge is 0.330 e. The summed E-state index contributed by atoms with van der Waals surface area (Å²) in [7, 11) is 0. The molecule has 0 heterocycles. The standard InChI is InChI=1S/C12H15ClFNO/c1-8(7-15)2-5-12(16)10-4-3-9(13)6-11(10)14/h3-4,6,8H,2,5,7,15H2,1H3. The van der Waals surface area contributed by atoms with Gasteiger partial charge in [-0.05, 0) is 37.1 Å². The van der Waals surface area contributed by atoms with Crippen LogP contribution in [-0.4, -0.2) is 12.3 Å². The molecule has 0 amide bonds. The van der Waals surface area contributed by atoms with Gasteiger partial charge in [0, 0.05) is 11.4 Å². The fourth-order valence-electron chi connectivity index (χ4n) is 1.35. The highest BCUT2D eigenvalue weighted by atomic mass is 35.5. The number of ketones is 1. The van der Waals surface area contributed by atoms with Crippen LogP contribution in [0.1, 0.15) is 30.1 Å². The second kappa shape index (κ2) is 5.97. The summed E-state index contributed by atoms with van der Waals surface area (Å²) in [5.74, 6) is -0.480. The van der Waals surface area contributed by atoms with E-state index in [0.717, 1.165) is 6.07 Å². The Morgan fingerprint density at radius 2 is 2.25 bits per heavy atom. The SMILES string of the molecule is CC(CN)CCC(=O)c1ccc(Cl)cc1F. The van der Waals surface area contributed by atoms with E-state index in [4.69, 9.17) is 17.3 Å². The molecule has 88 valence electrons. The van der Waals surface area contributed by atoms with E-state index in [1.807, 2.05) is 6.92 Å². The topological polar surface area (TPSA) is 43.1 Å². The number of hydrogen-bond donors (Lipinski definition) is 1. The number of carbonyl (C=O) groups is 1. The zero-order valence-corrected chi connectivity index (χ0v) is 9.93. The van der Waals surface area contributed by atoms with Crippen molar-refractivity contribution < 1.29 is 9.18 Å². The summed E-state index contributed by atoms with van der Waals surface area (Å²) in [6, 6.07) is 4.10.